The standard InChI is InChI=1S/C25H22N2O4/c1-12-3-5-15(6-4-12)22-21-17-11-18(23(21)31-26-22)20-19(17)24(29)27(25(20)30)16-9-7-14(8-10-16)13(2)28/h3-10,17-21,23H,11H2,1-2H3. The molecule has 4 aliphatic rings. The lowest BCUT2D eigenvalue weighted by molar-refractivity contribution is -0.125. The molecule has 2 amide bonds. The molecule has 6 atom stereocenters. The molecule has 31 heavy (non-hydrogen) atoms. The number of nitrogens with zero attached hydrogens (tertiary/aromatic N) is 2. The summed E-state index contributed by atoms with van der Waals surface area (Å²) < 4.78 is 0. The minimum atomic E-state index is -0.348. The van der Waals surface area contributed by atoms with Gasteiger partial charge in [0, 0.05) is 17.4 Å². The average molecular weight is 414 g/mol. The number of hydrogen-bond acceptors (Lipinski definition) is 5. The monoisotopic (exact) mass is 414 g/mol. The van der Waals surface area contributed by atoms with Crippen molar-refractivity contribution >= 4 is 29.0 Å². The van der Waals surface area contributed by atoms with Gasteiger partial charge in [0.25, 0.3) is 0 Å². The summed E-state index contributed by atoms with van der Waals surface area (Å²) in [6, 6.07) is 14.9. The minimum absolute atomic E-state index is 0.00430. The van der Waals surface area contributed by atoms with E-state index in [0.29, 0.717) is 11.3 Å². The minimum Gasteiger partial charge on any atom is -0.391 e. The van der Waals surface area contributed by atoms with Crippen molar-refractivity contribution in [2.75, 3.05) is 4.90 Å². The number of Topliss-reactive ketones (excluding diaryl/α,β-unsaturated/α-hetero) is 1. The summed E-state index contributed by atoms with van der Waals surface area (Å²) in [4.78, 5) is 45.5. The molecule has 6 rings (SSSR count). The Balaban J connectivity index is 1.32. The molecule has 6 unspecified atom stereocenters. The molecule has 2 aliphatic carbocycles. The van der Waals surface area contributed by atoms with E-state index in [2.05, 4.69) is 17.3 Å². The van der Waals surface area contributed by atoms with Gasteiger partial charge in [-0.1, -0.05) is 35.0 Å². The second-order valence-electron chi connectivity index (χ2n) is 9.17. The van der Waals surface area contributed by atoms with Crippen molar-refractivity contribution in [3.05, 3.63) is 65.2 Å². The Morgan fingerprint density at radius 2 is 1.58 bits per heavy atom. The topological polar surface area (TPSA) is 76.0 Å². The van der Waals surface area contributed by atoms with Crippen molar-refractivity contribution in [3.8, 4) is 0 Å². The average Bonchev–Trinajstić information content (AvgIpc) is 3.49. The largest absolute Gasteiger partial charge is 0.391 e. The van der Waals surface area contributed by atoms with E-state index in [-0.39, 0.29) is 53.3 Å². The van der Waals surface area contributed by atoms with E-state index in [9.17, 15) is 14.4 Å². The molecule has 6 heteroatoms. The molecule has 2 heterocycles. The Labute approximate surface area is 179 Å². The van der Waals surface area contributed by atoms with Crippen LogP contribution in [0.15, 0.2) is 53.7 Å². The molecule has 0 N–H and O–H groups in total. The maximum Gasteiger partial charge on any atom is 0.238 e. The van der Waals surface area contributed by atoms with Crippen LogP contribution in [0.5, 0.6) is 0 Å². The van der Waals surface area contributed by atoms with Crippen LogP contribution in [-0.2, 0) is 14.4 Å². The smallest absolute Gasteiger partial charge is 0.238 e. The van der Waals surface area contributed by atoms with E-state index in [1.165, 1.54) is 17.4 Å². The van der Waals surface area contributed by atoms with E-state index in [1.54, 1.807) is 24.3 Å². The Kier molecular flexibility index (Phi) is 3.79. The zero-order chi connectivity index (χ0) is 21.4. The van der Waals surface area contributed by atoms with Crippen molar-refractivity contribution in [2.24, 2.45) is 34.7 Å². The number of amides is 2. The number of ketones is 1. The van der Waals surface area contributed by atoms with Gasteiger partial charge < -0.3 is 4.84 Å². The van der Waals surface area contributed by atoms with Gasteiger partial charge in [-0.05, 0) is 56.0 Å². The van der Waals surface area contributed by atoms with Crippen LogP contribution in [0.1, 0.15) is 34.8 Å². The normalized spacial score (nSPS) is 32.7. The fraction of sp³-hybridized carbons (Fsp3) is 0.360. The molecule has 2 aromatic rings. The highest BCUT2D eigenvalue weighted by Gasteiger charge is 2.70. The first-order valence-corrected chi connectivity index (χ1v) is 10.8. The van der Waals surface area contributed by atoms with Gasteiger partial charge in [0.05, 0.1) is 23.2 Å². The molecule has 1 saturated heterocycles. The highest BCUT2D eigenvalue weighted by Crippen LogP contribution is 2.62. The van der Waals surface area contributed by atoms with E-state index >= 15 is 0 Å². The highest BCUT2D eigenvalue weighted by molar-refractivity contribution is 6.23. The van der Waals surface area contributed by atoms with Crippen LogP contribution in [0.3, 0.4) is 0 Å². The molecule has 156 valence electrons. The van der Waals surface area contributed by atoms with Gasteiger partial charge in [0.1, 0.15) is 6.10 Å². The number of hydrogen-bond donors (Lipinski definition) is 0. The van der Waals surface area contributed by atoms with Crippen LogP contribution in [0.25, 0.3) is 0 Å². The predicted octanol–water partition coefficient (Wildman–Crippen LogP) is 3.37. The molecule has 2 bridgehead atoms. The van der Waals surface area contributed by atoms with Gasteiger partial charge in [0.15, 0.2) is 5.78 Å². The fourth-order valence-electron chi connectivity index (χ4n) is 6.19. The Bertz CT molecular complexity index is 1150. The predicted molar refractivity (Wildman–Crippen MR) is 114 cm³/mol. The van der Waals surface area contributed by atoms with Gasteiger partial charge in [-0.15, -0.1) is 0 Å². The van der Waals surface area contributed by atoms with Gasteiger partial charge in [0.2, 0.25) is 11.8 Å². The zero-order valence-electron chi connectivity index (χ0n) is 17.3. The van der Waals surface area contributed by atoms with Crippen molar-refractivity contribution in [1.29, 1.82) is 0 Å². The number of fused-ring (bicyclic) bond motifs is 8. The van der Waals surface area contributed by atoms with Crippen molar-refractivity contribution in [3.63, 3.8) is 0 Å². The molecule has 0 aromatic heterocycles. The Hall–Kier alpha value is -3.28. The molecule has 2 aliphatic heterocycles. The lowest BCUT2D eigenvalue weighted by atomic mass is 9.71. The van der Waals surface area contributed by atoms with Crippen LogP contribution in [0, 0.1) is 36.5 Å². The first kappa shape index (κ1) is 18.5. The number of imide groups is 1. The summed E-state index contributed by atoms with van der Waals surface area (Å²) in [6.45, 7) is 3.54. The molecule has 3 fully saturated rings. The van der Waals surface area contributed by atoms with Crippen LogP contribution >= 0.6 is 0 Å². The van der Waals surface area contributed by atoms with E-state index < -0.39 is 0 Å². The molecular formula is C25H22N2O4. The number of oxime groups is 1. The summed E-state index contributed by atoms with van der Waals surface area (Å²) in [5, 5.41) is 4.39. The molecule has 2 aromatic carbocycles. The third-order valence-electron chi connectivity index (χ3n) is 7.57. The lowest BCUT2D eigenvalue weighted by Gasteiger charge is -2.29. The van der Waals surface area contributed by atoms with Crippen LogP contribution in [0.2, 0.25) is 0 Å². The Morgan fingerprint density at radius 1 is 0.935 bits per heavy atom. The highest BCUT2D eigenvalue weighted by atomic mass is 16.6. The number of carbonyl (C=O) groups is 3. The molecule has 0 radical (unpaired) electrons. The van der Waals surface area contributed by atoms with E-state index in [0.717, 1.165) is 17.7 Å². The number of benzene rings is 2. The number of aryl methyl sites for hydroxylation is 1. The third kappa shape index (κ3) is 2.44. The molecule has 6 nitrogen and oxygen atoms in total. The second-order valence-corrected chi connectivity index (χ2v) is 9.17. The molecular weight excluding hydrogens is 392 g/mol. The van der Waals surface area contributed by atoms with E-state index in [4.69, 9.17) is 4.84 Å². The summed E-state index contributed by atoms with van der Waals surface area (Å²) >= 11 is 0. The van der Waals surface area contributed by atoms with Crippen LogP contribution < -0.4 is 4.90 Å². The quantitative estimate of drug-likeness (QED) is 0.570. The molecule has 0 spiro atoms. The van der Waals surface area contributed by atoms with Crippen molar-refractivity contribution in [2.45, 2.75) is 26.4 Å². The summed E-state index contributed by atoms with van der Waals surface area (Å²) in [6.07, 6.45) is 0.684. The second kappa shape index (κ2) is 6.36. The van der Waals surface area contributed by atoms with Crippen molar-refractivity contribution in [1.82, 2.24) is 0 Å². The summed E-state index contributed by atoms with van der Waals surface area (Å²) in [5.41, 5.74) is 4.20. The summed E-state index contributed by atoms with van der Waals surface area (Å²) in [5.74, 6) is -0.901. The number of anilines is 1. The third-order valence-corrected chi connectivity index (χ3v) is 7.57. The van der Waals surface area contributed by atoms with Crippen LogP contribution in [0.4, 0.5) is 5.69 Å². The maximum atomic E-state index is 13.4. The lowest BCUT2D eigenvalue weighted by Crippen LogP contribution is -2.41. The van der Waals surface area contributed by atoms with Crippen molar-refractivity contribution < 1.29 is 19.2 Å². The number of rotatable bonds is 3. The number of carbonyl (C=O) groups excluding carboxylic acids is 3. The Morgan fingerprint density at radius 3 is 2.23 bits per heavy atom. The van der Waals surface area contributed by atoms with E-state index in [1.807, 2.05) is 19.1 Å². The van der Waals surface area contributed by atoms with Crippen LogP contribution in [-0.4, -0.2) is 29.4 Å². The summed E-state index contributed by atoms with van der Waals surface area (Å²) in [7, 11) is 0. The first-order valence-electron chi connectivity index (χ1n) is 10.8. The maximum absolute atomic E-state index is 13.4. The fourth-order valence-corrected chi connectivity index (χ4v) is 6.19. The molecule has 2 saturated carbocycles. The van der Waals surface area contributed by atoms with Gasteiger partial charge in [-0.25, -0.2) is 0 Å². The van der Waals surface area contributed by atoms with Gasteiger partial charge >= 0.3 is 0 Å². The zero-order valence-corrected chi connectivity index (χ0v) is 17.3. The van der Waals surface area contributed by atoms with Gasteiger partial charge in [-0.2, -0.15) is 0 Å². The SMILES string of the molecule is CC(=O)c1ccc(N2C(=O)C3C4CC(C5C(c6ccc(C)cc6)=NOC45)C3C2=O)cc1. The van der Waals surface area contributed by atoms with Gasteiger partial charge in [-0.3, -0.25) is 19.3 Å². The first-order chi connectivity index (χ1) is 15.0.